The minimum atomic E-state index is -0.241. The summed E-state index contributed by atoms with van der Waals surface area (Å²) in [6.45, 7) is 1.72. The lowest BCUT2D eigenvalue weighted by molar-refractivity contribution is 0.0860. The van der Waals surface area contributed by atoms with Crippen molar-refractivity contribution in [2.45, 2.75) is 19.4 Å². The molecule has 1 amide bonds. The predicted molar refractivity (Wildman–Crippen MR) is 69.8 cm³/mol. The fourth-order valence-corrected chi connectivity index (χ4v) is 2.04. The van der Waals surface area contributed by atoms with Crippen LogP contribution in [0.5, 0.6) is 0 Å². The van der Waals surface area contributed by atoms with Gasteiger partial charge in [-0.1, -0.05) is 30.3 Å². The van der Waals surface area contributed by atoms with Gasteiger partial charge in [-0.15, -0.1) is 12.3 Å². The van der Waals surface area contributed by atoms with Crippen LogP contribution in [-0.2, 0) is 11.3 Å². The first-order chi connectivity index (χ1) is 8.79. The molecular formula is C15H17NO2. The van der Waals surface area contributed by atoms with Gasteiger partial charge in [0.05, 0.1) is 0 Å². The van der Waals surface area contributed by atoms with Crippen LogP contribution >= 0.6 is 0 Å². The summed E-state index contributed by atoms with van der Waals surface area (Å²) in [5.41, 5.74) is 1.00. The third-order valence-corrected chi connectivity index (χ3v) is 3.19. The Bertz CT molecular complexity index is 428. The number of carbonyl (C=O) groups is 1. The number of amides is 1. The smallest absolute Gasteiger partial charge is 0.410 e. The van der Waals surface area contributed by atoms with Crippen molar-refractivity contribution in [2.75, 3.05) is 13.1 Å². The number of ether oxygens (including phenoxy) is 1. The molecule has 3 heteroatoms. The molecule has 2 rings (SSSR count). The van der Waals surface area contributed by atoms with Gasteiger partial charge in [-0.05, 0) is 18.4 Å². The monoisotopic (exact) mass is 243 g/mol. The van der Waals surface area contributed by atoms with Crippen LogP contribution < -0.4 is 0 Å². The molecule has 0 atom stereocenters. The highest BCUT2D eigenvalue weighted by atomic mass is 16.6. The van der Waals surface area contributed by atoms with Crippen LogP contribution in [0.3, 0.4) is 0 Å². The Hall–Kier alpha value is -1.95. The molecule has 0 saturated carbocycles. The van der Waals surface area contributed by atoms with E-state index in [0.717, 1.165) is 18.4 Å². The third-order valence-electron chi connectivity index (χ3n) is 3.19. The molecule has 0 aliphatic carbocycles. The van der Waals surface area contributed by atoms with E-state index in [1.54, 1.807) is 4.90 Å². The Morgan fingerprint density at radius 3 is 2.61 bits per heavy atom. The number of terminal acetylenes is 1. The maximum Gasteiger partial charge on any atom is 0.410 e. The van der Waals surface area contributed by atoms with Crippen LogP contribution in [0.25, 0.3) is 0 Å². The molecule has 1 saturated heterocycles. The van der Waals surface area contributed by atoms with Crippen molar-refractivity contribution in [1.29, 1.82) is 0 Å². The van der Waals surface area contributed by atoms with E-state index in [9.17, 15) is 4.79 Å². The van der Waals surface area contributed by atoms with E-state index < -0.39 is 0 Å². The lowest BCUT2D eigenvalue weighted by atomic mass is 9.98. The second-order valence-electron chi connectivity index (χ2n) is 4.47. The molecule has 1 aromatic rings. The number of hydrogen-bond acceptors (Lipinski definition) is 2. The summed E-state index contributed by atoms with van der Waals surface area (Å²) in [4.78, 5) is 13.6. The molecule has 0 radical (unpaired) electrons. The zero-order valence-electron chi connectivity index (χ0n) is 10.3. The molecule has 0 bridgehead atoms. The van der Waals surface area contributed by atoms with Gasteiger partial charge in [-0.2, -0.15) is 0 Å². The summed E-state index contributed by atoms with van der Waals surface area (Å²) in [7, 11) is 0. The van der Waals surface area contributed by atoms with Crippen LogP contribution in [-0.4, -0.2) is 24.1 Å². The number of carbonyl (C=O) groups excluding carboxylic acids is 1. The van der Waals surface area contributed by atoms with Gasteiger partial charge in [0.2, 0.25) is 0 Å². The normalized spacial score (nSPS) is 16.1. The molecule has 3 nitrogen and oxygen atoms in total. The van der Waals surface area contributed by atoms with Crippen molar-refractivity contribution < 1.29 is 9.53 Å². The van der Waals surface area contributed by atoms with Gasteiger partial charge in [0, 0.05) is 19.0 Å². The zero-order chi connectivity index (χ0) is 12.8. The summed E-state index contributed by atoms with van der Waals surface area (Å²) in [6.07, 6.45) is 6.88. The Morgan fingerprint density at radius 1 is 1.33 bits per heavy atom. The van der Waals surface area contributed by atoms with Crippen molar-refractivity contribution in [1.82, 2.24) is 4.90 Å². The lowest BCUT2D eigenvalue weighted by Gasteiger charge is -2.28. The summed E-state index contributed by atoms with van der Waals surface area (Å²) in [5.74, 6) is 3.05. The molecule has 1 heterocycles. The molecule has 0 aromatic heterocycles. The fraction of sp³-hybridized carbons (Fsp3) is 0.400. The van der Waals surface area contributed by atoms with E-state index >= 15 is 0 Å². The van der Waals surface area contributed by atoms with Crippen LogP contribution in [0.4, 0.5) is 4.79 Å². The molecule has 0 spiro atoms. The Balaban J connectivity index is 1.78. The van der Waals surface area contributed by atoms with Gasteiger partial charge in [-0.25, -0.2) is 4.79 Å². The first-order valence-corrected chi connectivity index (χ1v) is 6.21. The molecule has 94 valence electrons. The van der Waals surface area contributed by atoms with Gasteiger partial charge in [0.25, 0.3) is 0 Å². The average Bonchev–Trinajstić information content (AvgIpc) is 2.46. The third kappa shape index (κ3) is 3.27. The number of hydrogen-bond donors (Lipinski definition) is 0. The van der Waals surface area contributed by atoms with E-state index in [1.165, 1.54) is 0 Å². The minimum Gasteiger partial charge on any atom is -0.445 e. The zero-order valence-corrected chi connectivity index (χ0v) is 10.3. The summed E-state index contributed by atoms with van der Waals surface area (Å²) in [5, 5.41) is 0. The predicted octanol–water partition coefficient (Wildman–Crippen LogP) is 2.67. The summed E-state index contributed by atoms with van der Waals surface area (Å²) >= 11 is 0. The van der Waals surface area contributed by atoms with Crippen molar-refractivity contribution in [3.8, 4) is 12.3 Å². The Kier molecular flexibility index (Phi) is 4.25. The van der Waals surface area contributed by atoms with E-state index in [0.29, 0.717) is 25.6 Å². The molecule has 1 aliphatic rings. The highest BCUT2D eigenvalue weighted by Gasteiger charge is 2.22. The number of benzene rings is 1. The maximum absolute atomic E-state index is 11.8. The molecule has 18 heavy (non-hydrogen) atoms. The van der Waals surface area contributed by atoms with Gasteiger partial charge < -0.3 is 9.64 Å². The van der Waals surface area contributed by atoms with E-state index in [1.807, 2.05) is 30.3 Å². The summed E-state index contributed by atoms with van der Waals surface area (Å²) < 4.78 is 5.27. The molecule has 1 aliphatic heterocycles. The minimum absolute atomic E-state index is 0.241. The van der Waals surface area contributed by atoms with Crippen LogP contribution in [0.1, 0.15) is 18.4 Å². The van der Waals surface area contributed by atoms with Crippen molar-refractivity contribution in [2.24, 2.45) is 5.92 Å². The lowest BCUT2D eigenvalue weighted by Crippen LogP contribution is -2.38. The van der Waals surface area contributed by atoms with E-state index in [-0.39, 0.29) is 6.09 Å². The average molecular weight is 243 g/mol. The quantitative estimate of drug-likeness (QED) is 0.747. The Labute approximate surface area is 108 Å². The summed E-state index contributed by atoms with van der Waals surface area (Å²) in [6, 6.07) is 9.69. The van der Waals surface area contributed by atoms with Gasteiger partial charge in [-0.3, -0.25) is 0 Å². The SMILES string of the molecule is C#CC1CCN(C(=O)OCc2ccccc2)CC1. The van der Waals surface area contributed by atoms with Crippen molar-refractivity contribution in [3.05, 3.63) is 35.9 Å². The number of rotatable bonds is 2. The van der Waals surface area contributed by atoms with Gasteiger partial charge in [0.15, 0.2) is 0 Å². The Morgan fingerprint density at radius 2 is 2.00 bits per heavy atom. The standard InChI is InChI=1S/C15H17NO2/c1-2-13-8-10-16(11-9-13)15(17)18-12-14-6-4-3-5-7-14/h1,3-7,13H,8-12H2. The highest BCUT2D eigenvalue weighted by Crippen LogP contribution is 2.17. The molecule has 1 aromatic carbocycles. The second-order valence-corrected chi connectivity index (χ2v) is 4.47. The van der Waals surface area contributed by atoms with Crippen LogP contribution in [0.15, 0.2) is 30.3 Å². The highest BCUT2D eigenvalue weighted by molar-refractivity contribution is 5.67. The number of likely N-dealkylation sites (tertiary alicyclic amines) is 1. The molecule has 0 unspecified atom stereocenters. The van der Waals surface area contributed by atoms with Gasteiger partial charge in [0.1, 0.15) is 6.61 Å². The van der Waals surface area contributed by atoms with Crippen LogP contribution in [0, 0.1) is 18.3 Å². The van der Waals surface area contributed by atoms with E-state index in [4.69, 9.17) is 11.2 Å². The number of nitrogens with zero attached hydrogens (tertiary/aromatic N) is 1. The number of piperidine rings is 1. The van der Waals surface area contributed by atoms with Crippen LogP contribution in [0.2, 0.25) is 0 Å². The largest absolute Gasteiger partial charge is 0.445 e. The molecular weight excluding hydrogens is 226 g/mol. The first-order valence-electron chi connectivity index (χ1n) is 6.21. The maximum atomic E-state index is 11.8. The first kappa shape index (κ1) is 12.5. The van der Waals surface area contributed by atoms with Gasteiger partial charge >= 0.3 is 6.09 Å². The second kappa shape index (κ2) is 6.11. The van der Waals surface area contributed by atoms with Crippen molar-refractivity contribution >= 4 is 6.09 Å². The van der Waals surface area contributed by atoms with Crippen molar-refractivity contribution in [3.63, 3.8) is 0 Å². The fourth-order valence-electron chi connectivity index (χ4n) is 2.04. The molecule has 1 fully saturated rings. The topological polar surface area (TPSA) is 29.5 Å². The molecule has 0 N–H and O–H groups in total. The van der Waals surface area contributed by atoms with E-state index in [2.05, 4.69) is 5.92 Å².